The number of hydrogen-bond acceptors (Lipinski definition) is 7. The Bertz CT molecular complexity index is 1000. The number of anilines is 2. The first-order valence-corrected chi connectivity index (χ1v) is 8.93. The van der Waals surface area contributed by atoms with Crippen LogP contribution in [0.3, 0.4) is 0 Å². The van der Waals surface area contributed by atoms with Crippen molar-refractivity contribution < 1.29 is 28.6 Å². The molecule has 0 bridgehead atoms. The van der Waals surface area contributed by atoms with Crippen molar-refractivity contribution in [3.8, 4) is 17.2 Å². The predicted octanol–water partition coefficient (Wildman–Crippen LogP) is 1.88. The van der Waals surface area contributed by atoms with Gasteiger partial charge in [0.1, 0.15) is 5.75 Å². The molecule has 30 heavy (non-hydrogen) atoms. The molecule has 0 saturated carbocycles. The molecule has 1 aliphatic heterocycles. The van der Waals surface area contributed by atoms with E-state index >= 15 is 0 Å². The number of nitrogens with one attached hydrogen (secondary N) is 3. The van der Waals surface area contributed by atoms with Gasteiger partial charge >= 0.3 is 11.8 Å². The number of carbonyl (C=O) groups excluding carboxylic acids is 3. The Hall–Kier alpha value is -4.08. The maximum Gasteiger partial charge on any atom is 0.329 e. The zero-order chi connectivity index (χ0) is 21.5. The van der Waals surface area contributed by atoms with Crippen molar-refractivity contribution >= 4 is 34.8 Å². The van der Waals surface area contributed by atoms with Crippen LogP contribution >= 0.6 is 0 Å². The molecule has 0 unspecified atom stereocenters. The predicted molar refractivity (Wildman–Crippen MR) is 109 cm³/mol. The van der Waals surface area contributed by atoms with Gasteiger partial charge in [-0.25, -0.2) is 5.43 Å². The Morgan fingerprint density at radius 1 is 1.03 bits per heavy atom. The highest BCUT2D eigenvalue weighted by Crippen LogP contribution is 2.34. The second-order valence-electron chi connectivity index (χ2n) is 6.24. The Kier molecular flexibility index (Phi) is 6.48. The molecule has 0 fully saturated rings. The summed E-state index contributed by atoms with van der Waals surface area (Å²) in [5, 5.41) is 8.92. The van der Waals surface area contributed by atoms with Crippen LogP contribution in [0.4, 0.5) is 11.4 Å². The van der Waals surface area contributed by atoms with Gasteiger partial charge in [-0.2, -0.15) is 5.10 Å². The summed E-state index contributed by atoms with van der Waals surface area (Å²) in [5.41, 5.74) is 3.32. The van der Waals surface area contributed by atoms with Crippen molar-refractivity contribution in [3.05, 3.63) is 42.5 Å². The van der Waals surface area contributed by atoms with Crippen LogP contribution in [0.1, 0.15) is 13.3 Å². The van der Waals surface area contributed by atoms with Crippen molar-refractivity contribution in [1.82, 2.24) is 5.43 Å². The van der Waals surface area contributed by atoms with Crippen molar-refractivity contribution in [2.24, 2.45) is 5.10 Å². The highest BCUT2D eigenvalue weighted by Gasteiger charge is 2.16. The minimum absolute atomic E-state index is 0.0805. The lowest BCUT2D eigenvalue weighted by molar-refractivity contribution is -0.136. The van der Waals surface area contributed by atoms with Gasteiger partial charge in [0.2, 0.25) is 12.7 Å². The summed E-state index contributed by atoms with van der Waals surface area (Å²) >= 11 is 0. The van der Waals surface area contributed by atoms with Crippen LogP contribution in [0.5, 0.6) is 17.2 Å². The van der Waals surface area contributed by atoms with E-state index in [1.807, 2.05) is 0 Å². The van der Waals surface area contributed by atoms with Gasteiger partial charge in [0.25, 0.3) is 0 Å². The Morgan fingerprint density at radius 3 is 2.60 bits per heavy atom. The van der Waals surface area contributed by atoms with E-state index in [-0.39, 0.29) is 19.1 Å². The number of rotatable bonds is 6. The fraction of sp³-hybridized carbons (Fsp3) is 0.200. The summed E-state index contributed by atoms with van der Waals surface area (Å²) in [6.07, 6.45) is -0.0805. The summed E-state index contributed by atoms with van der Waals surface area (Å²) < 4.78 is 15.6. The monoisotopic (exact) mass is 412 g/mol. The van der Waals surface area contributed by atoms with Gasteiger partial charge in [0.15, 0.2) is 11.5 Å². The summed E-state index contributed by atoms with van der Waals surface area (Å²) in [4.78, 5) is 36.1. The van der Waals surface area contributed by atoms with Crippen LogP contribution in [-0.2, 0) is 14.4 Å². The third-order valence-electron chi connectivity index (χ3n) is 3.98. The fourth-order valence-electron chi connectivity index (χ4n) is 2.58. The maximum atomic E-state index is 12.1. The summed E-state index contributed by atoms with van der Waals surface area (Å²) in [6, 6.07) is 11.7. The zero-order valence-corrected chi connectivity index (χ0v) is 16.4. The Balaban J connectivity index is 1.49. The number of fused-ring (bicyclic) bond motifs is 1. The number of hydrogen-bond donors (Lipinski definition) is 3. The number of hydrazone groups is 1. The maximum absolute atomic E-state index is 12.1. The first-order chi connectivity index (χ1) is 14.5. The molecule has 0 aliphatic carbocycles. The molecule has 156 valence electrons. The normalized spacial score (nSPS) is 12.1. The zero-order valence-electron chi connectivity index (χ0n) is 16.4. The molecule has 2 aromatic rings. The number of methoxy groups -OCH3 is 1. The van der Waals surface area contributed by atoms with E-state index in [0.717, 1.165) is 0 Å². The van der Waals surface area contributed by atoms with E-state index in [2.05, 4.69) is 21.2 Å². The van der Waals surface area contributed by atoms with Gasteiger partial charge < -0.3 is 24.8 Å². The summed E-state index contributed by atoms with van der Waals surface area (Å²) in [7, 11) is 1.45. The van der Waals surface area contributed by atoms with Crippen LogP contribution in [-0.4, -0.2) is 37.3 Å². The van der Waals surface area contributed by atoms with Crippen molar-refractivity contribution in [1.29, 1.82) is 0 Å². The molecule has 1 heterocycles. The number of amides is 3. The fourth-order valence-corrected chi connectivity index (χ4v) is 2.58. The lowest BCUT2D eigenvalue weighted by Gasteiger charge is -2.09. The molecule has 2 aromatic carbocycles. The minimum Gasteiger partial charge on any atom is -0.495 e. The molecule has 3 rings (SSSR count). The molecule has 10 heteroatoms. The number of nitrogens with zero attached hydrogens (tertiary/aromatic N) is 1. The highest BCUT2D eigenvalue weighted by atomic mass is 16.7. The molecule has 0 saturated heterocycles. The first-order valence-electron chi connectivity index (χ1n) is 8.93. The van der Waals surface area contributed by atoms with E-state index in [4.69, 9.17) is 14.2 Å². The van der Waals surface area contributed by atoms with Gasteiger partial charge in [-0.05, 0) is 31.2 Å². The van der Waals surface area contributed by atoms with Crippen LogP contribution in [0, 0.1) is 0 Å². The first kappa shape index (κ1) is 20.6. The molecule has 0 radical (unpaired) electrons. The van der Waals surface area contributed by atoms with E-state index in [1.54, 1.807) is 49.4 Å². The lowest BCUT2D eigenvalue weighted by atomic mass is 10.2. The number of ether oxygens (including phenoxy) is 3. The number of carbonyl (C=O) groups is 3. The van der Waals surface area contributed by atoms with Crippen LogP contribution in [0.25, 0.3) is 0 Å². The van der Waals surface area contributed by atoms with Crippen LogP contribution in [0.2, 0.25) is 0 Å². The Labute approximate surface area is 172 Å². The standard InChI is InChI=1S/C20H20N4O6/c1-12(9-18(25)21-13-7-8-16-17(10-13)30-11-29-16)23-24-20(27)19(26)22-14-5-3-4-6-15(14)28-2/h3-8,10H,9,11H2,1-2H3,(H,21,25)(H,22,26)(H,24,27)/b23-12-. The molecule has 1 aliphatic rings. The number of para-hydroxylation sites is 2. The van der Waals surface area contributed by atoms with Gasteiger partial charge in [-0.15, -0.1) is 0 Å². The SMILES string of the molecule is COc1ccccc1NC(=O)C(=O)N/N=C(/C)CC(=O)Nc1ccc2c(c1)OCO2. The molecule has 0 atom stereocenters. The second-order valence-corrected chi connectivity index (χ2v) is 6.24. The number of benzene rings is 2. The average molecular weight is 412 g/mol. The summed E-state index contributed by atoms with van der Waals surface area (Å²) in [5.74, 6) is -0.662. The smallest absolute Gasteiger partial charge is 0.329 e. The largest absolute Gasteiger partial charge is 0.495 e. The summed E-state index contributed by atoms with van der Waals surface area (Å²) in [6.45, 7) is 1.69. The van der Waals surface area contributed by atoms with Gasteiger partial charge in [0.05, 0.1) is 19.2 Å². The molecule has 0 spiro atoms. The van der Waals surface area contributed by atoms with Crippen molar-refractivity contribution in [3.63, 3.8) is 0 Å². The van der Waals surface area contributed by atoms with E-state index in [0.29, 0.717) is 34.3 Å². The topological polar surface area (TPSA) is 127 Å². The van der Waals surface area contributed by atoms with Gasteiger partial charge in [-0.1, -0.05) is 12.1 Å². The van der Waals surface area contributed by atoms with Gasteiger partial charge in [-0.3, -0.25) is 14.4 Å². The highest BCUT2D eigenvalue weighted by molar-refractivity contribution is 6.39. The van der Waals surface area contributed by atoms with E-state index in [1.165, 1.54) is 7.11 Å². The molecular weight excluding hydrogens is 392 g/mol. The second kappa shape index (κ2) is 9.41. The average Bonchev–Trinajstić information content (AvgIpc) is 3.20. The molecule has 3 N–H and O–H groups in total. The van der Waals surface area contributed by atoms with E-state index in [9.17, 15) is 14.4 Å². The molecule has 0 aromatic heterocycles. The minimum atomic E-state index is -0.976. The van der Waals surface area contributed by atoms with E-state index < -0.39 is 11.8 Å². The van der Waals surface area contributed by atoms with Crippen molar-refractivity contribution in [2.45, 2.75) is 13.3 Å². The molecule has 3 amide bonds. The third kappa shape index (κ3) is 5.25. The third-order valence-corrected chi connectivity index (χ3v) is 3.98. The quantitative estimate of drug-likeness (QED) is 0.378. The Morgan fingerprint density at radius 2 is 1.80 bits per heavy atom. The van der Waals surface area contributed by atoms with Crippen LogP contribution < -0.4 is 30.3 Å². The van der Waals surface area contributed by atoms with Crippen LogP contribution in [0.15, 0.2) is 47.6 Å². The van der Waals surface area contributed by atoms with Gasteiger partial charge in [0, 0.05) is 17.5 Å². The molecule has 10 nitrogen and oxygen atoms in total. The van der Waals surface area contributed by atoms with Crippen molar-refractivity contribution in [2.75, 3.05) is 24.5 Å². The molecular formula is C20H20N4O6. The lowest BCUT2D eigenvalue weighted by Crippen LogP contribution is -2.33.